The molecule has 0 heterocycles. The third kappa shape index (κ3) is 8.82. The summed E-state index contributed by atoms with van der Waals surface area (Å²) in [6.45, 7) is 0. The molecular formula is C10H4Cl2. The number of halogens is 2. The predicted molar refractivity (Wildman–Crippen MR) is 52.5 cm³/mol. The van der Waals surface area contributed by atoms with E-state index in [1.807, 2.05) is 0 Å². The van der Waals surface area contributed by atoms with E-state index in [0.29, 0.717) is 0 Å². The van der Waals surface area contributed by atoms with Gasteiger partial charge < -0.3 is 0 Å². The van der Waals surface area contributed by atoms with E-state index in [4.69, 9.17) is 23.2 Å². The Hall–Kier alpha value is -1.18. The maximum atomic E-state index is 5.27. The summed E-state index contributed by atoms with van der Waals surface area (Å²) in [6.07, 6.45) is 0. The van der Waals surface area contributed by atoms with Crippen LogP contribution in [-0.4, -0.2) is 11.8 Å². The molecule has 0 saturated carbocycles. The standard InChI is InChI=1S/C10H4Cl2/c11-9-7-5-3-1-2-4-6-8-10-12/h9-10H2. The first-order valence-corrected chi connectivity index (χ1v) is 4.06. The summed E-state index contributed by atoms with van der Waals surface area (Å²) >= 11 is 10.5. The van der Waals surface area contributed by atoms with E-state index in [1.165, 1.54) is 0 Å². The Kier molecular flexibility index (Phi) is 8.85. The smallest absolute Gasteiger partial charge is 0.0845 e. The Morgan fingerprint density at radius 3 is 1.25 bits per heavy atom. The lowest BCUT2D eigenvalue weighted by molar-refractivity contribution is 1.92. The van der Waals surface area contributed by atoms with Gasteiger partial charge in [-0.2, -0.15) is 0 Å². The highest BCUT2D eigenvalue weighted by atomic mass is 35.5. The molecule has 0 aromatic rings. The van der Waals surface area contributed by atoms with Crippen LogP contribution in [0.5, 0.6) is 0 Å². The number of rotatable bonds is 0. The van der Waals surface area contributed by atoms with Crippen LogP contribution in [0.2, 0.25) is 0 Å². The lowest BCUT2D eigenvalue weighted by Gasteiger charge is -1.60. The summed E-state index contributed by atoms with van der Waals surface area (Å²) in [4.78, 5) is 0. The van der Waals surface area contributed by atoms with Crippen molar-refractivity contribution in [2.45, 2.75) is 0 Å². The van der Waals surface area contributed by atoms with Gasteiger partial charge in [0, 0.05) is 0 Å². The van der Waals surface area contributed by atoms with Crippen molar-refractivity contribution in [1.82, 2.24) is 0 Å². The normalized spacial score (nSPS) is 5.17. The molecule has 0 aliphatic carbocycles. The monoisotopic (exact) mass is 194 g/mol. The van der Waals surface area contributed by atoms with Crippen LogP contribution >= 0.6 is 23.2 Å². The molecule has 0 nitrogen and oxygen atoms in total. The summed E-state index contributed by atoms with van der Waals surface area (Å²) in [7, 11) is 0. The van der Waals surface area contributed by atoms with E-state index in [9.17, 15) is 0 Å². The van der Waals surface area contributed by atoms with Gasteiger partial charge in [-0.05, 0) is 35.5 Å². The summed E-state index contributed by atoms with van der Waals surface area (Å²) in [5, 5.41) is 0. The average Bonchev–Trinajstić information content (AvgIpc) is 2.10. The number of hydrogen-bond donors (Lipinski definition) is 0. The van der Waals surface area contributed by atoms with Gasteiger partial charge in [0.15, 0.2) is 0 Å². The van der Waals surface area contributed by atoms with Crippen LogP contribution in [-0.2, 0) is 0 Å². The van der Waals surface area contributed by atoms with Crippen molar-refractivity contribution >= 4 is 23.2 Å². The minimum Gasteiger partial charge on any atom is -0.113 e. The molecule has 0 atom stereocenters. The molecule has 12 heavy (non-hydrogen) atoms. The van der Waals surface area contributed by atoms with Crippen LogP contribution in [0.4, 0.5) is 0 Å². The van der Waals surface area contributed by atoms with E-state index < -0.39 is 0 Å². The maximum Gasteiger partial charge on any atom is 0.0845 e. The van der Waals surface area contributed by atoms with Gasteiger partial charge in [0.2, 0.25) is 0 Å². The van der Waals surface area contributed by atoms with Gasteiger partial charge in [-0.3, -0.25) is 0 Å². The third-order valence-corrected chi connectivity index (χ3v) is 0.890. The number of alkyl halides is 2. The quantitative estimate of drug-likeness (QED) is 0.405. The van der Waals surface area contributed by atoms with Crippen LogP contribution in [0.15, 0.2) is 0 Å². The van der Waals surface area contributed by atoms with E-state index in [0.717, 1.165) is 0 Å². The third-order valence-electron chi connectivity index (χ3n) is 0.623. The Balaban J connectivity index is 3.90. The molecule has 0 N–H and O–H groups in total. The highest BCUT2D eigenvalue weighted by molar-refractivity contribution is 6.19. The zero-order chi connectivity index (χ0) is 9.07. The van der Waals surface area contributed by atoms with E-state index in [2.05, 4.69) is 47.4 Å². The summed E-state index contributed by atoms with van der Waals surface area (Å²) < 4.78 is 0. The molecule has 0 radical (unpaired) electrons. The highest BCUT2D eigenvalue weighted by Crippen LogP contribution is 1.66. The molecule has 0 bridgehead atoms. The molecule has 0 unspecified atom stereocenters. The van der Waals surface area contributed by atoms with Crippen molar-refractivity contribution in [2.24, 2.45) is 0 Å². The van der Waals surface area contributed by atoms with Crippen LogP contribution in [0, 0.1) is 47.4 Å². The van der Waals surface area contributed by atoms with Gasteiger partial charge in [-0.1, -0.05) is 11.8 Å². The molecule has 0 aliphatic heterocycles. The second-order valence-corrected chi connectivity index (χ2v) is 1.91. The van der Waals surface area contributed by atoms with Crippen LogP contribution in [0.25, 0.3) is 0 Å². The van der Waals surface area contributed by atoms with Crippen molar-refractivity contribution in [3.63, 3.8) is 0 Å². The first kappa shape index (κ1) is 10.8. The van der Waals surface area contributed by atoms with E-state index in [-0.39, 0.29) is 11.8 Å². The van der Waals surface area contributed by atoms with Gasteiger partial charge >= 0.3 is 0 Å². The largest absolute Gasteiger partial charge is 0.113 e. The molecule has 0 aromatic carbocycles. The summed E-state index contributed by atoms with van der Waals surface area (Å²) in [5.74, 6) is 20.7. The number of hydrogen-bond acceptors (Lipinski definition) is 0. The van der Waals surface area contributed by atoms with Gasteiger partial charge in [0.05, 0.1) is 11.8 Å². The Morgan fingerprint density at radius 1 is 0.583 bits per heavy atom. The van der Waals surface area contributed by atoms with Gasteiger partial charge in [-0.25, -0.2) is 0 Å². The fraction of sp³-hybridized carbons (Fsp3) is 0.200. The minimum absolute atomic E-state index is 0.286. The molecule has 0 saturated heterocycles. The second kappa shape index (κ2) is 9.82. The molecule has 0 amide bonds. The Labute approximate surface area is 82.6 Å². The maximum absolute atomic E-state index is 5.27. The molecule has 0 fully saturated rings. The molecular weight excluding hydrogens is 191 g/mol. The zero-order valence-electron chi connectivity index (χ0n) is 6.17. The van der Waals surface area contributed by atoms with Crippen molar-refractivity contribution in [2.75, 3.05) is 11.8 Å². The van der Waals surface area contributed by atoms with Gasteiger partial charge in [0.1, 0.15) is 0 Å². The van der Waals surface area contributed by atoms with Crippen LogP contribution < -0.4 is 0 Å². The fourth-order valence-electron chi connectivity index (χ4n) is 0.280. The Morgan fingerprint density at radius 2 is 0.917 bits per heavy atom. The molecule has 58 valence electrons. The molecule has 0 aliphatic rings. The van der Waals surface area contributed by atoms with Crippen molar-refractivity contribution < 1.29 is 0 Å². The molecule has 2 heteroatoms. The Bertz CT molecular complexity index is 312. The average molecular weight is 195 g/mol. The minimum atomic E-state index is 0.286. The lowest BCUT2D eigenvalue weighted by atomic mass is 10.5. The van der Waals surface area contributed by atoms with Crippen LogP contribution in [0.3, 0.4) is 0 Å². The van der Waals surface area contributed by atoms with E-state index in [1.54, 1.807) is 0 Å². The molecule has 0 rings (SSSR count). The van der Waals surface area contributed by atoms with Crippen molar-refractivity contribution in [1.29, 1.82) is 0 Å². The topological polar surface area (TPSA) is 0 Å². The first-order chi connectivity index (χ1) is 5.91. The van der Waals surface area contributed by atoms with Gasteiger partial charge in [0.25, 0.3) is 0 Å². The fourth-order valence-corrected chi connectivity index (χ4v) is 0.414. The van der Waals surface area contributed by atoms with Crippen molar-refractivity contribution in [3.8, 4) is 47.4 Å². The van der Waals surface area contributed by atoms with E-state index >= 15 is 0 Å². The zero-order valence-corrected chi connectivity index (χ0v) is 7.68. The van der Waals surface area contributed by atoms with Crippen molar-refractivity contribution in [3.05, 3.63) is 0 Å². The first-order valence-electron chi connectivity index (χ1n) is 2.99. The molecule has 0 spiro atoms. The summed E-state index contributed by atoms with van der Waals surface area (Å²) in [5.41, 5.74) is 0. The van der Waals surface area contributed by atoms with Gasteiger partial charge in [-0.15, -0.1) is 23.2 Å². The summed E-state index contributed by atoms with van der Waals surface area (Å²) in [6, 6.07) is 0. The van der Waals surface area contributed by atoms with Crippen LogP contribution in [0.1, 0.15) is 0 Å². The molecule has 0 aromatic heterocycles. The lowest BCUT2D eigenvalue weighted by Crippen LogP contribution is -1.59. The predicted octanol–water partition coefficient (Wildman–Crippen LogP) is 1.48. The SMILES string of the molecule is ClCC#CC#CC#CC#CCCl. The highest BCUT2D eigenvalue weighted by Gasteiger charge is 1.59. The second-order valence-electron chi connectivity index (χ2n) is 1.37.